The fraction of sp³-hybridized carbons (Fsp3) is 0.562. The van der Waals surface area contributed by atoms with Gasteiger partial charge in [0.15, 0.2) is 0 Å². The van der Waals surface area contributed by atoms with Gasteiger partial charge < -0.3 is 10.2 Å². The topological polar surface area (TPSA) is 35.6 Å². The van der Waals surface area contributed by atoms with Gasteiger partial charge in [0.2, 0.25) is 5.91 Å². The van der Waals surface area contributed by atoms with Crippen LogP contribution < -0.4 is 10.2 Å². The molecular weight excluding hydrogens is 286 g/mol. The van der Waals surface area contributed by atoms with Crippen LogP contribution in [0.2, 0.25) is 0 Å². The zero-order chi connectivity index (χ0) is 13.9. The summed E-state index contributed by atoms with van der Waals surface area (Å²) in [4.78, 5) is 16.9. The number of rotatable bonds is 2. The molecule has 1 aromatic carbocycles. The average molecular weight is 310 g/mol. The van der Waals surface area contributed by atoms with Crippen LogP contribution in [0.4, 0.5) is 5.69 Å². The number of amides is 1. The molecule has 4 nitrogen and oxygen atoms in total. The normalized spacial score (nSPS) is 22.3. The van der Waals surface area contributed by atoms with Crippen LogP contribution in [-0.4, -0.2) is 49.6 Å². The second kappa shape index (κ2) is 7.25. The van der Waals surface area contributed by atoms with Crippen LogP contribution in [0.5, 0.6) is 0 Å². The molecule has 1 atom stereocenters. The van der Waals surface area contributed by atoms with E-state index in [4.69, 9.17) is 0 Å². The summed E-state index contributed by atoms with van der Waals surface area (Å²) in [5, 5.41) is 3.37. The molecule has 116 valence electrons. The predicted molar refractivity (Wildman–Crippen MR) is 88.3 cm³/mol. The molecule has 1 fully saturated rings. The Balaban J connectivity index is 0.00000161. The lowest BCUT2D eigenvalue weighted by atomic mass is 10.0. The summed E-state index contributed by atoms with van der Waals surface area (Å²) < 4.78 is 0. The Kier molecular flexibility index (Phi) is 5.62. The van der Waals surface area contributed by atoms with Crippen molar-refractivity contribution in [2.45, 2.75) is 25.8 Å². The predicted octanol–water partition coefficient (Wildman–Crippen LogP) is 1.68. The molecule has 0 unspecified atom stereocenters. The lowest BCUT2D eigenvalue weighted by Gasteiger charge is -2.36. The molecule has 2 heterocycles. The van der Waals surface area contributed by atoms with E-state index in [1.54, 1.807) is 0 Å². The first-order valence-electron chi connectivity index (χ1n) is 7.59. The summed E-state index contributed by atoms with van der Waals surface area (Å²) >= 11 is 0. The number of carbonyl (C=O) groups excluding carboxylic acids is 1. The Morgan fingerprint density at radius 1 is 1.33 bits per heavy atom. The number of nitrogens with one attached hydrogen (secondary N) is 1. The number of hydrogen-bond donors (Lipinski definition) is 1. The van der Waals surface area contributed by atoms with Crippen LogP contribution in [0.15, 0.2) is 24.3 Å². The minimum atomic E-state index is 0. The molecule has 1 amide bonds. The van der Waals surface area contributed by atoms with Crippen molar-refractivity contribution in [3.8, 4) is 0 Å². The van der Waals surface area contributed by atoms with E-state index in [2.05, 4.69) is 35.3 Å². The molecule has 0 bridgehead atoms. The second-order valence-electron chi connectivity index (χ2n) is 5.80. The summed E-state index contributed by atoms with van der Waals surface area (Å²) in [6, 6.07) is 8.74. The number of anilines is 1. The van der Waals surface area contributed by atoms with Gasteiger partial charge in [0, 0.05) is 37.9 Å². The SMILES string of the molecule is C[C@H]1CNCCN1CC(=O)N1CCCc2ccccc21.Cl. The number of benzene rings is 1. The minimum Gasteiger partial charge on any atom is -0.314 e. The minimum absolute atomic E-state index is 0. The Morgan fingerprint density at radius 2 is 2.14 bits per heavy atom. The first kappa shape index (κ1) is 16.3. The number of aryl methyl sites for hydroxylation is 1. The van der Waals surface area contributed by atoms with Gasteiger partial charge in [-0.25, -0.2) is 0 Å². The van der Waals surface area contributed by atoms with Crippen LogP contribution in [0.25, 0.3) is 0 Å². The molecular formula is C16H24ClN3O. The van der Waals surface area contributed by atoms with Crippen molar-refractivity contribution in [3.05, 3.63) is 29.8 Å². The number of para-hydroxylation sites is 1. The van der Waals surface area contributed by atoms with Crippen molar-refractivity contribution < 1.29 is 4.79 Å². The Morgan fingerprint density at radius 3 is 2.95 bits per heavy atom. The summed E-state index contributed by atoms with van der Waals surface area (Å²) in [6.45, 7) is 6.50. The zero-order valence-electron chi connectivity index (χ0n) is 12.5. The van der Waals surface area contributed by atoms with E-state index in [9.17, 15) is 4.79 Å². The van der Waals surface area contributed by atoms with Gasteiger partial charge in [0.1, 0.15) is 0 Å². The maximum absolute atomic E-state index is 12.6. The number of fused-ring (bicyclic) bond motifs is 1. The van der Waals surface area contributed by atoms with Crippen molar-refractivity contribution >= 4 is 24.0 Å². The Labute approximate surface area is 132 Å². The monoisotopic (exact) mass is 309 g/mol. The van der Waals surface area contributed by atoms with Crippen LogP contribution in [0.1, 0.15) is 18.9 Å². The number of halogens is 1. The van der Waals surface area contributed by atoms with Crippen LogP contribution >= 0.6 is 12.4 Å². The van der Waals surface area contributed by atoms with Crippen LogP contribution in [0, 0.1) is 0 Å². The molecule has 3 rings (SSSR count). The average Bonchev–Trinajstić information content (AvgIpc) is 2.49. The second-order valence-corrected chi connectivity index (χ2v) is 5.80. The first-order valence-corrected chi connectivity index (χ1v) is 7.59. The van der Waals surface area contributed by atoms with E-state index < -0.39 is 0 Å². The highest BCUT2D eigenvalue weighted by Gasteiger charge is 2.26. The molecule has 0 aromatic heterocycles. The van der Waals surface area contributed by atoms with Crippen LogP contribution in [0.3, 0.4) is 0 Å². The first-order chi connectivity index (χ1) is 9.75. The molecule has 0 radical (unpaired) electrons. The van der Waals surface area contributed by atoms with Gasteiger partial charge in [-0.1, -0.05) is 18.2 Å². The van der Waals surface area contributed by atoms with E-state index in [0.717, 1.165) is 44.7 Å². The number of hydrogen-bond acceptors (Lipinski definition) is 3. The van der Waals surface area contributed by atoms with E-state index in [1.807, 2.05) is 11.0 Å². The lowest BCUT2D eigenvalue weighted by molar-refractivity contribution is -0.120. The van der Waals surface area contributed by atoms with Crippen molar-refractivity contribution in [1.29, 1.82) is 0 Å². The molecule has 1 aromatic rings. The van der Waals surface area contributed by atoms with Gasteiger partial charge in [0.05, 0.1) is 6.54 Å². The third-order valence-corrected chi connectivity index (χ3v) is 4.39. The van der Waals surface area contributed by atoms with E-state index in [0.29, 0.717) is 12.6 Å². The molecule has 2 aliphatic heterocycles. The molecule has 1 saturated heterocycles. The molecule has 21 heavy (non-hydrogen) atoms. The third kappa shape index (κ3) is 3.57. The highest BCUT2D eigenvalue weighted by atomic mass is 35.5. The fourth-order valence-corrected chi connectivity index (χ4v) is 3.17. The van der Waals surface area contributed by atoms with Gasteiger partial charge in [0.25, 0.3) is 0 Å². The summed E-state index contributed by atoms with van der Waals surface area (Å²) in [7, 11) is 0. The molecule has 2 aliphatic rings. The van der Waals surface area contributed by atoms with Gasteiger partial charge in [-0.05, 0) is 31.4 Å². The summed E-state index contributed by atoms with van der Waals surface area (Å²) in [5.74, 6) is 0.242. The fourth-order valence-electron chi connectivity index (χ4n) is 3.17. The lowest BCUT2D eigenvalue weighted by Crippen LogP contribution is -2.53. The maximum atomic E-state index is 12.6. The summed E-state index contributed by atoms with van der Waals surface area (Å²) in [6.07, 6.45) is 2.16. The van der Waals surface area contributed by atoms with Gasteiger partial charge >= 0.3 is 0 Å². The quantitative estimate of drug-likeness (QED) is 0.903. The number of nitrogens with zero attached hydrogens (tertiary/aromatic N) is 2. The molecule has 0 aliphatic carbocycles. The van der Waals surface area contributed by atoms with Crippen molar-refractivity contribution in [2.24, 2.45) is 0 Å². The number of carbonyl (C=O) groups is 1. The smallest absolute Gasteiger partial charge is 0.241 e. The van der Waals surface area contributed by atoms with E-state index >= 15 is 0 Å². The van der Waals surface area contributed by atoms with Gasteiger partial charge in [-0.2, -0.15) is 0 Å². The molecule has 5 heteroatoms. The van der Waals surface area contributed by atoms with E-state index in [1.165, 1.54) is 5.56 Å². The van der Waals surface area contributed by atoms with Crippen LogP contribution in [-0.2, 0) is 11.2 Å². The highest BCUT2D eigenvalue weighted by Crippen LogP contribution is 2.26. The largest absolute Gasteiger partial charge is 0.314 e. The molecule has 0 spiro atoms. The third-order valence-electron chi connectivity index (χ3n) is 4.39. The molecule has 1 N–H and O–H groups in total. The van der Waals surface area contributed by atoms with Crippen molar-refractivity contribution in [3.63, 3.8) is 0 Å². The number of piperazine rings is 1. The van der Waals surface area contributed by atoms with Crippen molar-refractivity contribution in [1.82, 2.24) is 10.2 Å². The summed E-state index contributed by atoms with van der Waals surface area (Å²) in [5.41, 5.74) is 2.42. The highest BCUT2D eigenvalue weighted by molar-refractivity contribution is 5.96. The molecule has 0 saturated carbocycles. The zero-order valence-corrected chi connectivity index (χ0v) is 13.4. The Hall–Kier alpha value is -1.10. The van der Waals surface area contributed by atoms with Gasteiger partial charge in [-0.15, -0.1) is 12.4 Å². The standard InChI is InChI=1S/C16H23N3O.ClH/c1-13-11-17-8-10-18(13)12-16(20)19-9-4-6-14-5-2-3-7-15(14)19;/h2-3,5,7,13,17H,4,6,8-12H2,1H3;1H/t13-;/m0./s1. The van der Waals surface area contributed by atoms with Crippen molar-refractivity contribution in [2.75, 3.05) is 37.6 Å². The maximum Gasteiger partial charge on any atom is 0.241 e. The van der Waals surface area contributed by atoms with Gasteiger partial charge in [-0.3, -0.25) is 9.69 Å². The Bertz CT molecular complexity index is 494. The van der Waals surface area contributed by atoms with E-state index in [-0.39, 0.29) is 18.3 Å².